The number of carbonyl (C=O) groups excluding carboxylic acids is 2. The summed E-state index contributed by atoms with van der Waals surface area (Å²) < 4.78 is 4.69. The highest BCUT2D eigenvalue weighted by atomic mass is 35.5. The lowest BCUT2D eigenvalue weighted by atomic mass is 9.92. The number of primary amides is 1. The molecule has 27 heavy (non-hydrogen) atoms. The van der Waals surface area contributed by atoms with Gasteiger partial charge in [-0.3, -0.25) is 4.79 Å². The predicted octanol–water partition coefficient (Wildman–Crippen LogP) is 1.38. The largest absolute Gasteiger partial charge is 0.464 e. The van der Waals surface area contributed by atoms with E-state index < -0.39 is 11.9 Å². The third kappa shape index (κ3) is 4.08. The number of rotatable bonds is 4. The summed E-state index contributed by atoms with van der Waals surface area (Å²) in [5.74, 6) is -0.479. The first-order valence-corrected chi connectivity index (χ1v) is 8.71. The van der Waals surface area contributed by atoms with Gasteiger partial charge in [-0.1, -0.05) is 0 Å². The molecule has 142 valence electrons. The lowest BCUT2D eigenvalue weighted by molar-refractivity contribution is 0.0593. The summed E-state index contributed by atoms with van der Waals surface area (Å²) in [5, 5.41) is -0.0127. The quantitative estimate of drug-likeness (QED) is 0.589. The summed E-state index contributed by atoms with van der Waals surface area (Å²) in [5.41, 5.74) is 12.3. The second-order valence-corrected chi connectivity index (χ2v) is 6.51. The van der Waals surface area contributed by atoms with Crippen LogP contribution in [0.25, 0.3) is 0 Å². The summed E-state index contributed by atoms with van der Waals surface area (Å²) >= 11 is 5.93. The molecule has 2 aromatic rings. The second-order valence-electron chi connectivity index (χ2n) is 6.17. The molecular weight excluding hydrogens is 372 g/mol. The molecule has 0 spiro atoms. The number of methoxy groups -OCH3 is 1. The fourth-order valence-electron chi connectivity index (χ4n) is 3.09. The molecule has 1 saturated heterocycles. The molecule has 0 aromatic carbocycles. The molecule has 1 aliphatic heterocycles. The Morgan fingerprint density at radius 1 is 1.22 bits per heavy atom. The van der Waals surface area contributed by atoms with Gasteiger partial charge in [0.15, 0.2) is 11.4 Å². The monoisotopic (exact) mass is 390 g/mol. The SMILES string of the molecule is COC(=O)c1cc(N2CCC(c3ccc(N)c(C(N)=O)n3)CC2)nc(Cl)n1. The summed E-state index contributed by atoms with van der Waals surface area (Å²) in [4.78, 5) is 37.6. The van der Waals surface area contributed by atoms with Gasteiger partial charge in [0, 0.05) is 30.8 Å². The number of pyridine rings is 1. The molecule has 0 saturated carbocycles. The summed E-state index contributed by atoms with van der Waals surface area (Å²) in [6, 6.07) is 5.03. The number of piperidine rings is 1. The average molecular weight is 391 g/mol. The minimum Gasteiger partial charge on any atom is -0.464 e. The number of amides is 1. The number of halogens is 1. The van der Waals surface area contributed by atoms with E-state index in [1.54, 1.807) is 12.1 Å². The Kier molecular flexibility index (Phi) is 5.41. The minimum absolute atomic E-state index is 0.0127. The smallest absolute Gasteiger partial charge is 0.356 e. The van der Waals surface area contributed by atoms with Crippen LogP contribution in [0.5, 0.6) is 0 Å². The third-order valence-electron chi connectivity index (χ3n) is 4.50. The Balaban J connectivity index is 1.74. The van der Waals surface area contributed by atoms with Gasteiger partial charge in [-0.2, -0.15) is 0 Å². The van der Waals surface area contributed by atoms with Crippen molar-refractivity contribution >= 4 is 35.0 Å². The number of nitrogen functional groups attached to an aromatic ring is 1. The zero-order chi connectivity index (χ0) is 19.6. The van der Waals surface area contributed by atoms with E-state index in [0.717, 1.165) is 18.5 Å². The van der Waals surface area contributed by atoms with Crippen molar-refractivity contribution in [2.75, 3.05) is 30.8 Å². The molecule has 9 nitrogen and oxygen atoms in total. The summed E-state index contributed by atoms with van der Waals surface area (Å²) in [6.07, 6.45) is 1.56. The number of carbonyl (C=O) groups is 2. The van der Waals surface area contributed by atoms with Gasteiger partial charge in [-0.25, -0.2) is 19.7 Å². The highest BCUT2D eigenvalue weighted by Crippen LogP contribution is 2.30. The van der Waals surface area contributed by atoms with Gasteiger partial charge in [-0.05, 0) is 36.6 Å². The number of anilines is 2. The van der Waals surface area contributed by atoms with E-state index >= 15 is 0 Å². The van der Waals surface area contributed by atoms with Crippen LogP contribution in [0, 0.1) is 0 Å². The Labute approximate surface area is 160 Å². The van der Waals surface area contributed by atoms with Crippen LogP contribution in [0.15, 0.2) is 18.2 Å². The van der Waals surface area contributed by atoms with Crippen molar-refractivity contribution in [3.8, 4) is 0 Å². The van der Waals surface area contributed by atoms with E-state index in [1.807, 2.05) is 11.0 Å². The van der Waals surface area contributed by atoms with Gasteiger partial charge in [0.05, 0.1) is 12.8 Å². The summed E-state index contributed by atoms with van der Waals surface area (Å²) in [7, 11) is 1.28. The van der Waals surface area contributed by atoms with Gasteiger partial charge in [0.1, 0.15) is 5.82 Å². The first-order valence-electron chi connectivity index (χ1n) is 8.33. The topological polar surface area (TPSA) is 137 Å². The van der Waals surface area contributed by atoms with Crippen molar-refractivity contribution in [3.63, 3.8) is 0 Å². The molecule has 10 heteroatoms. The van der Waals surface area contributed by atoms with Crippen LogP contribution >= 0.6 is 11.6 Å². The second kappa shape index (κ2) is 7.75. The van der Waals surface area contributed by atoms with Crippen LogP contribution in [0.2, 0.25) is 5.28 Å². The molecule has 1 aliphatic rings. The Morgan fingerprint density at radius 3 is 2.56 bits per heavy atom. The van der Waals surface area contributed by atoms with Gasteiger partial charge >= 0.3 is 5.97 Å². The normalized spacial score (nSPS) is 14.8. The molecule has 1 amide bonds. The van der Waals surface area contributed by atoms with Crippen molar-refractivity contribution < 1.29 is 14.3 Å². The van der Waals surface area contributed by atoms with Crippen molar-refractivity contribution in [1.82, 2.24) is 15.0 Å². The number of hydrogen-bond donors (Lipinski definition) is 2. The van der Waals surface area contributed by atoms with Crippen molar-refractivity contribution in [2.45, 2.75) is 18.8 Å². The molecule has 0 unspecified atom stereocenters. The average Bonchev–Trinajstić information content (AvgIpc) is 2.67. The lowest BCUT2D eigenvalue weighted by Crippen LogP contribution is -2.34. The third-order valence-corrected chi connectivity index (χ3v) is 4.67. The van der Waals surface area contributed by atoms with Crippen LogP contribution in [0.4, 0.5) is 11.5 Å². The molecule has 0 atom stereocenters. The first-order chi connectivity index (χ1) is 12.9. The van der Waals surface area contributed by atoms with Crippen LogP contribution in [0.1, 0.15) is 45.4 Å². The fraction of sp³-hybridized carbons (Fsp3) is 0.353. The maximum atomic E-state index is 11.7. The van der Waals surface area contributed by atoms with E-state index in [4.69, 9.17) is 23.1 Å². The van der Waals surface area contributed by atoms with Crippen molar-refractivity contribution in [1.29, 1.82) is 0 Å². The van der Waals surface area contributed by atoms with Gasteiger partial charge in [-0.15, -0.1) is 0 Å². The van der Waals surface area contributed by atoms with Gasteiger partial charge in [0.25, 0.3) is 5.91 Å². The molecule has 0 aliphatic carbocycles. The van der Waals surface area contributed by atoms with Gasteiger partial charge < -0.3 is 21.1 Å². The standard InChI is InChI=1S/C17H19ClN6O3/c1-27-16(26)12-8-13(23-17(18)22-12)24-6-4-9(5-7-24)11-3-2-10(19)14(21-11)15(20)25/h2-3,8-9H,4-7,19H2,1H3,(H2,20,25). The Bertz CT molecular complexity index is 883. The lowest BCUT2D eigenvalue weighted by Gasteiger charge is -2.32. The van der Waals surface area contributed by atoms with E-state index in [0.29, 0.717) is 18.9 Å². The molecular formula is C17H19ClN6O3. The molecule has 0 bridgehead atoms. The highest BCUT2D eigenvalue weighted by Gasteiger charge is 2.25. The maximum Gasteiger partial charge on any atom is 0.356 e. The van der Waals surface area contributed by atoms with Crippen LogP contribution in [-0.4, -0.2) is 47.0 Å². The number of hydrogen-bond acceptors (Lipinski definition) is 8. The highest BCUT2D eigenvalue weighted by molar-refractivity contribution is 6.28. The molecule has 1 fully saturated rings. The molecule has 0 radical (unpaired) electrons. The molecule has 4 N–H and O–H groups in total. The summed E-state index contributed by atoms with van der Waals surface area (Å²) in [6.45, 7) is 1.35. The zero-order valence-electron chi connectivity index (χ0n) is 14.7. The molecule has 3 rings (SSSR count). The van der Waals surface area contributed by atoms with Crippen LogP contribution < -0.4 is 16.4 Å². The number of nitrogens with zero attached hydrogens (tertiary/aromatic N) is 4. The number of esters is 1. The Hall–Kier alpha value is -2.94. The van der Waals surface area contributed by atoms with Gasteiger partial charge in [0.2, 0.25) is 5.28 Å². The fourth-order valence-corrected chi connectivity index (χ4v) is 3.27. The molecule has 3 heterocycles. The maximum absolute atomic E-state index is 11.7. The zero-order valence-corrected chi connectivity index (χ0v) is 15.4. The van der Waals surface area contributed by atoms with E-state index in [2.05, 4.69) is 19.7 Å². The van der Waals surface area contributed by atoms with Crippen LogP contribution in [0.3, 0.4) is 0 Å². The molecule has 2 aromatic heterocycles. The van der Waals surface area contributed by atoms with E-state index in [9.17, 15) is 9.59 Å². The predicted molar refractivity (Wildman–Crippen MR) is 99.7 cm³/mol. The Morgan fingerprint density at radius 2 is 1.93 bits per heavy atom. The van der Waals surface area contributed by atoms with Crippen LogP contribution in [-0.2, 0) is 4.74 Å². The van der Waals surface area contributed by atoms with E-state index in [1.165, 1.54) is 7.11 Å². The number of nitrogens with two attached hydrogens (primary N) is 2. The van der Waals surface area contributed by atoms with Crippen molar-refractivity contribution in [3.05, 3.63) is 40.6 Å². The van der Waals surface area contributed by atoms with E-state index in [-0.39, 0.29) is 28.3 Å². The number of ether oxygens (including phenoxy) is 1. The first kappa shape index (κ1) is 18.8. The minimum atomic E-state index is -0.641. The van der Waals surface area contributed by atoms with Crippen molar-refractivity contribution in [2.24, 2.45) is 5.73 Å². The number of aromatic nitrogens is 3.